The largest absolute Gasteiger partial charge is 0.496 e. The van der Waals surface area contributed by atoms with E-state index in [2.05, 4.69) is 25.6 Å². The van der Waals surface area contributed by atoms with Crippen molar-refractivity contribution in [3.05, 3.63) is 77.4 Å². The van der Waals surface area contributed by atoms with E-state index < -0.39 is 0 Å². The maximum absolute atomic E-state index is 12.5. The molecule has 0 spiro atoms. The number of anilines is 1. The Hall–Kier alpha value is -3.48. The zero-order chi connectivity index (χ0) is 19.1. The monoisotopic (exact) mass is 363 g/mol. The van der Waals surface area contributed by atoms with Gasteiger partial charge in [0.25, 0.3) is 5.91 Å². The molecule has 2 heterocycles. The van der Waals surface area contributed by atoms with Gasteiger partial charge in [-0.1, -0.05) is 24.3 Å². The highest BCUT2D eigenvalue weighted by atomic mass is 16.5. The van der Waals surface area contributed by atoms with Crippen LogP contribution in [0, 0.1) is 6.92 Å². The molecule has 7 nitrogen and oxygen atoms in total. The normalized spacial score (nSPS) is 10.3. The molecule has 0 aliphatic rings. The number of aryl methyl sites for hydroxylation is 1. The molecule has 0 aliphatic carbocycles. The lowest BCUT2D eigenvalue weighted by Crippen LogP contribution is -2.25. The van der Waals surface area contributed by atoms with Crippen molar-refractivity contribution in [2.24, 2.45) is 0 Å². The number of rotatable bonds is 7. The second-order valence-corrected chi connectivity index (χ2v) is 5.89. The van der Waals surface area contributed by atoms with E-state index in [4.69, 9.17) is 4.74 Å². The van der Waals surface area contributed by atoms with Crippen molar-refractivity contribution >= 4 is 11.9 Å². The van der Waals surface area contributed by atoms with Gasteiger partial charge < -0.3 is 15.4 Å². The number of benzene rings is 1. The van der Waals surface area contributed by atoms with Crippen LogP contribution >= 0.6 is 0 Å². The van der Waals surface area contributed by atoms with Crippen molar-refractivity contribution in [3.63, 3.8) is 0 Å². The highest BCUT2D eigenvalue weighted by molar-refractivity contribution is 5.92. The van der Waals surface area contributed by atoms with E-state index >= 15 is 0 Å². The van der Waals surface area contributed by atoms with Crippen LogP contribution in [0.15, 0.2) is 54.7 Å². The molecule has 3 rings (SSSR count). The third kappa shape index (κ3) is 5.01. The van der Waals surface area contributed by atoms with Crippen molar-refractivity contribution in [2.45, 2.75) is 20.0 Å². The molecule has 0 fully saturated rings. The Bertz CT molecular complexity index is 915. The predicted molar refractivity (Wildman–Crippen MR) is 102 cm³/mol. The molecule has 1 aromatic carbocycles. The summed E-state index contributed by atoms with van der Waals surface area (Å²) in [5.41, 5.74) is 2.77. The molecular formula is C20H21N5O2. The highest BCUT2D eigenvalue weighted by Crippen LogP contribution is 2.17. The molecule has 3 aromatic rings. The van der Waals surface area contributed by atoms with Crippen LogP contribution < -0.4 is 15.4 Å². The van der Waals surface area contributed by atoms with Crippen LogP contribution in [0.3, 0.4) is 0 Å². The van der Waals surface area contributed by atoms with Crippen LogP contribution in [-0.2, 0) is 13.1 Å². The van der Waals surface area contributed by atoms with E-state index in [9.17, 15) is 4.79 Å². The summed E-state index contributed by atoms with van der Waals surface area (Å²) in [4.78, 5) is 25.4. The van der Waals surface area contributed by atoms with Gasteiger partial charge in [-0.05, 0) is 31.2 Å². The van der Waals surface area contributed by atoms with Crippen LogP contribution in [0.25, 0.3) is 0 Å². The van der Waals surface area contributed by atoms with Gasteiger partial charge in [0, 0.05) is 24.0 Å². The first-order valence-corrected chi connectivity index (χ1v) is 8.55. The average molecular weight is 363 g/mol. The third-order valence-electron chi connectivity index (χ3n) is 3.87. The zero-order valence-electron chi connectivity index (χ0n) is 15.3. The Kier molecular flexibility index (Phi) is 5.94. The Morgan fingerprint density at radius 1 is 1.07 bits per heavy atom. The molecule has 0 atom stereocenters. The minimum Gasteiger partial charge on any atom is -0.496 e. The van der Waals surface area contributed by atoms with Gasteiger partial charge in [-0.15, -0.1) is 0 Å². The van der Waals surface area contributed by atoms with Gasteiger partial charge in [-0.2, -0.15) is 0 Å². The molecule has 0 unspecified atom stereocenters. The summed E-state index contributed by atoms with van der Waals surface area (Å²) < 4.78 is 5.30. The topological polar surface area (TPSA) is 89.0 Å². The van der Waals surface area contributed by atoms with Gasteiger partial charge in [0.2, 0.25) is 5.95 Å². The summed E-state index contributed by atoms with van der Waals surface area (Å²) in [6, 6.07) is 14.9. The van der Waals surface area contributed by atoms with Crippen molar-refractivity contribution in [1.29, 1.82) is 0 Å². The Morgan fingerprint density at radius 3 is 2.67 bits per heavy atom. The number of nitrogens with zero attached hydrogens (tertiary/aromatic N) is 3. The van der Waals surface area contributed by atoms with Crippen molar-refractivity contribution in [3.8, 4) is 5.75 Å². The Balaban J connectivity index is 1.66. The lowest BCUT2D eigenvalue weighted by molar-refractivity contribution is 0.0945. The first kappa shape index (κ1) is 18.3. The first-order chi connectivity index (χ1) is 13.2. The van der Waals surface area contributed by atoms with Crippen LogP contribution in [0.4, 0.5) is 5.95 Å². The average Bonchev–Trinajstić information content (AvgIpc) is 2.71. The molecule has 0 saturated heterocycles. The van der Waals surface area contributed by atoms with E-state index in [1.165, 1.54) is 0 Å². The lowest BCUT2D eigenvalue weighted by atomic mass is 10.2. The summed E-state index contributed by atoms with van der Waals surface area (Å²) in [5, 5.41) is 5.97. The molecule has 0 aliphatic heterocycles. The molecular weight excluding hydrogens is 342 g/mol. The molecule has 1 amide bonds. The first-order valence-electron chi connectivity index (χ1n) is 8.55. The number of carbonyl (C=O) groups excluding carboxylic acids is 1. The summed E-state index contributed by atoms with van der Waals surface area (Å²) in [6.45, 7) is 2.65. The summed E-state index contributed by atoms with van der Waals surface area (Å²) in [6.07, 6.45) is 1.73. The molecule has 138 valence electrons. The Morgan fingerprint density at radius 2 is 1.89 bits per heavy atom. The quantitative estimate of drug-likeness (QED) is 0.671. The van der Waals surface area contributed by atoms with Crippen LogP contribution in [0.2, 0.25) is 0 Å². The van der Waals surface area contributed by atoms with Crippen LogP contribution in [0.5, 0.6) is 5.75 Å². The number of hydrogen-bond acceptors (Lipinski definition) is 6. The minimum absolute atomic E-state index is 0.271. The van der Waals surface area contributed by atoms with Crippen molar-refractivity contribution in [1.82, 2.24) is 20.3 Å². The highest BCUT2D eigenvalue weighted by Gasteiger charge is 2.12. The number of hydrogen-bond donors (Lipinski definition) is 2. The molecule has 0 saturated carbocycles. The van der Waals surface area contributed by atoms with Gasteiger partial charge in [-0.3, -0.25) is 9.78 Å². The molecule has 2 aromatic heterocycles. The molecule has 27 heavy (non-hydrogen) atoms. The van der Waals surface area contributed by atoms with E-state index in [0.29, 0.717) is 30.4 Å². The molecule has 7 heteroatoms. The van der Waals surface area contributed by atoms with Crippen LogP contribution in [-0.4, -0.2) is 28.0 Å². The predicted octanol–water partition coefficient (Wildman–Crippen LogP) is 2.73. The number of amides is 1. The molecule has 0 bridgehead atoms. The second kappa shape index (κ2) is 8.75. The SMILES string of the molecule is COc1ccccc1CNC(=O)c1cc(C)nc(NCc2ccccn2)n1. The number of methoxy groups -OCH3 is 1. The summed E-state index contributed by atoms with van der Waals surface area (Å²) in [7, 11) is 1.61. The zero-order valence-corrected chi connectivity index (χ0v) is 15.3. The van der Waals surface area contributed by atoms with Crippen molar-refractivity contribution < 1.29 is 9.53 Å². The number of pyridine rings is 1. The van der Waals surface area contributed by atoms with Gasteiger partial charge >= 0.3 is 0 Å². The van der Waals surface area contributed by atoms with Gasteiger partial charge in [0.1, 0.15) is 11.4 Å². The van der Waals surface area contributed by atoms with Crippen molar-refractivity contribution in [2.75, 3.05) is 12.4 Å². The maximum Gasteiger partial charge on any atom is 0.270 e. The lowest BCUT2D eigenvalue weighted by Gasteiger charge is -2.10. The van der Waals surface area contributed by atoms with Crippen LogP contribution in [0.1, 0.15) is 27.4 Å². The second-order valence-electron chi connectivity index (χ2n) is 5.89. The fourth-order valence-electron chi connectivity index (χ4n) is 2.55. The number of para-hydroxylation sites is 1. The van der Waals surface area contributed by atoms with Gasteiger partial charge in [-0.25, -0.2) is 9.97 Å². The number of ether oxygens (including phenoxy) is 1. The fraction of sp³-hybridized carbons (Fsp3) is 0.200. The van der Waals surface area contributed by atoms with Gasteiger partial charge in [0.15, 0.2) is 0 Å². The van der Waals surface area contributed by atoms with E-state index in [1.807, 2.05) is 49.4 Å². The fourth-order valence-corrected chi connectivity index (χ4v) is 2.55. The summed E-state index contributed by atoms with van der Waals surface area (Å²) in [5.74, 6) is 0.852. The summed E-state index contributed by atoms with van der Waals surface area (Å²) >= 11 is 0. The molecule has 0 radical (unpaired) electrons. The van der Waals surface area contributed by atoms with E-state index in [1.54, 1.807) is 19.4 Å². The smallest absolute Gasteiger partial charge is 0.270 e. The van der Waals surface area contributed by atoms with E-state index in [-0.39, 0.29) is 5.91 Å². The third-order valence-corrected chi connectivity index (χ3v) is 3.87. The number of carbonyl (C=O) groups is 1. The number of aromatic nitrogens is 3. The number of nitrogens with one attached hydrogen (secondary N) is 2. The maximum atomic E-state index is 12.5. The standard InChI is InChI=1S/C20H21N5O2/c1-14-11-17(19(26)22-12-15-7-3-4-9-18(15)27-2)25-20(24-14)23-13-16-8-5-6-10-21-16/h3-11H,12-13H2,1-2H3,(H,22,26)(H,23,24,25). The minimum atomic E-state index is -0.271. The molecule has 2 N–H and O–H groups in total. The Labute approximate surface area is 157 Å². The van der Waals surface area contributed by atoms with E-state index in [0.717, 1.165) is 17.0 Å². The van der Waals surface area contributed by atoms with Gasteiger partial charge in [0.05, 0.1) is 19.3 Å².